The number of ether oxygens (including phenoxy) is 1. The number of benzene rings is 5. The van der Waals surface area contributed by atoms with Crippen molar-refractivity contribution in [3.63, 3.8) is 0 Å². The van der Waals surface area contributed by atoms with Crippen molar-refractivity contribution >= 4 is 39.5 Å². The first kappa shape index (κ1) is 31.6. The molecular formula is C40H45N3O2. The molecule has 1 N–H and O–H groups in total. The maximum absolute atomic E-state index is 12.7. The van der Waals surface area contributed by atoms with Crippen molar-refractivity contribution in [2.75, 3.05) is 47.9 Å². The highest BCUT2D eigenvalue weighted by molar-refractivity contribution is 6.01. The lowest BCUT2D eigenvalue weighted by Gasteiger charge is -2.26. The van der Waals surface area contributed by atoms with Gasteiger partial charge in [0.1, 0.15) is 0 Å². The lowest BCUT2D eigenvalue weighted by atomic mass is 9.82. The average Bonchev–Trinajstić information content (AvgIpc) is 3.08. The predicted octanol–water partition coefficient (Wildman–Crippen LogP) is 9.63. The number of esters is 1. The second-order valence-electron chi connectivity index (χ2n) is 11.1. The van der Waals surface area contributed by atoms with Crippen LogP contribution < -0.4 is 15.1 Å². The van der Waals surface area contributed by atoms with E-state index in [4.69, 9.17) is 4.74 Å². The van der Waals surface area contributed by atoms with Crippen LogP contribution >= 0.6 is 0 Å². The van der Waals surface area contributed by atoms with Crippen molar-refractivity contribution in [1.29, 1.82) is 0 Å². The minimum Gasteiger partial charge on any atom is -0.462 e. The summed E-state index contributed by atoms with van der Waals surface area (Å²) in [6.45, 7) is 14.9. The van der Waals surface area contributed by atoms with Gasteiger partial charge in [0, 0.05) is 54.5 Å². The van der Waals surface area contributed by atoms with Crippen LogP contribution in [0.4, 0.5) is 22.7 Å². The van der Waals surface area contributed by atoms with Crippen LogP contribution in [0.3, 0.4) is 0 Å². The van der Waals surface area contributed by atoms with Crippen LogP contribution in [0.2, 0.25) is 0 Å². The zero-order valence-corrected chi connectivity index (χ0v) is 27.2. The van der Waals surface area contributed by atoms with E-state index in [1.807, 2.05) is 25.1 Å². The molecule has 0 heterocycles. The first-order valence-electron chi connectivity index (χ1n) is 16.3. The van der Waals surface area contributed by atoms with Gasteiger partial charge in [-0.25, -0.2) is 4.79 Å². The number of hydrogen-bond donors (Lipinski definition) is 1. The van der Waals surface area contributed by atoms with Gasteiger partial charge in [-0.15, -0.1) is 0 Å². The molecule has 0 amide bonds. The highest BCUT2D eigenvalue weighted by Gasteiger charge is 2.22. The number of anilines is 4. The van der Waals surface area contributed by atoms with E-state index in [2.05, 4.69) is 128 Å². The van der Waals surface area contributed by atoms with Gasteiger partial charge in [-0.1, -0.05) is 66.7 Å². The van der Waals surface area contributed by atoms with E-state index in [-0.39, 0.29) is 11.9 Å². The van der Waals surface area contributed by atoms with E-state index in [1.54, 1.807) is 6.07 Å². The fourth-order valence-corrected chi connectivity index (χ4v) is 6.29. The molecule has 0 aliphatic heterocycles. The predicted molar refractivity (Wildman–Crippen MR) is 191 cm³/mol. The Kier molecular flexibility index (Phi) is 10.4. The Morgan fingerprint density at radius 1 is 0.600 bits per heavy atom. The van der Waals surface area contributed by atoms with Gasteiger partial charge in [0.25, 0.3) is 0 Å². The average molecular weight is 600 g/mol. The van der Waals surface area contributed by atoms with E-state index in [1.165, 1.54) is 33.5 Å². The molecule has 5 aromatic carbocycles. The molecule has 0 aliphatic carbocycles. The number of nitrogens with one attached hydrogen (secondary N) is 1. The molecule has 0 unspecified atom stereocenters. The molecule has 5 nitrogen and oxygen atoms in total. The fourth-order valence-electron chi connectivity index (χ4n) is 6.29. The fraction of sp³-hybridized carbons (Fsp3) is 0.275. The van der Waals surface area contributed by atoms with E-state index in [0.717, 1.165) is 42.9 Å². The normalized spacial score (nSPS) is 11.1. The second-order valence-corrected chi connectivity index (χ2v) is 11.1. The first-order valence-corrected chi connectivity index (χ1v) is 16.3. The molecule has 0 aromatic heterocycles. The number of nitrogens with zero attached hydrogens (tertiary/aromatic N) is 2. The van der Waals surface area contributed by atoms with Crippen LogP contribution in [0, 0.1) is 0 Å². The van der Waals surface area contributed by atoms with Crippen LogP contribution in [0.15, 0.2) is 109 Å². The second kappa shape index (κ2) is 14.8. The standard InChI is InChI=1S/C40H45N3O2/c1-6-42(7-2)31-23-19-29(20-24-31)39(30-21-25-32(26-22-30)43(8-3)9-4)35-27-28-38(34-16-12-11-15-33(34)35)41-37-18-14-13-17-36(37)40(44)45-10-5/h11-28,39,41H,6-10H2,1-5H3. The summed E-state index contributed by atoms with van der Waals surface area (Å²) in [6.07, 6.45) is 0. The third-order valence-corrected chi connectivity index (χ3v) is 8.67. The van der Waals surface area contributed by atoms with E-state index in [0.29, 0.717) is 12.2 Å². The number of rotatable bonds is 13. The largest absolute Gasteiger partial charge is 0.462 e. The third kappa shape index (κ3) is 6.83. The molecule has 5 aromatic rings. The van der Waals surface area contributed by atoms with Gasteiger partial charge in [0.05, 0.1) is 17.9 Å². The summed E-state index contributed by atoms with van der Waals surface area (Å²) < 4.78 is 5.33. The Labute approximate surface area is 268 Å². The molecule has 0 atom stereocenters. The maximum atomic E-state index is 12.7. The van der Waals surface area contributed by atoms with Gasteiger partial charge < -0.3 is 19.9 Å². The summed E-state index contributed by atoms with van der Waals surface area (Å²) in [5.41, 5.74) is 8.41. The minimum atomic E-state index is -0.331. The van der Waals surface area contributed by atoms with Gasteiger partial charge in [-0.2, -0.15) is 0 Å². The topological polar surface area (TPSA) is 44.8 Å². The molecule has 0 spiro atoms. The number of fused-ring (bicyclic) bond motifs is 1. The van der Waals surface area contributed by atoms with Gasteiger partial charge >= 0.3 is 5.97 Å². The minimum absolute atomic E-state index is 0.0345. The summed E-state index contributed by atoms with van der Waals surface area (Å²) in [5, 5.41) is 5.82. The SMILES string of the molecule is CCOC(=O)c1ccccc1Nc1ccc(C(c2ccc(N(CC)CC)cc2)c2ccc(N(CC)CC)cc2)c2ccccc12. The Morgan fingerprint density at radius 3 is 1.64 bits per heavy atom. The monoisotopic (exact) mass is 599 g/mol. The summed E-state index contributed by atoms with van der Waals surface area (Å²) in [4.78, 5) is 17.5. The molecule has 0 aliphatic rings. The molecule has 45 heavy (non-hydrogen) atoms. The molecule has 0 saturated carbocycles. The molecule has 0 fully saturated rings. The molecule has 0 radical (unpaired) electrons. The summed E-state index contributed by atoms with van der Waals surface area (Å²) >= 11 is 0. The quantitative estimate of drug-likeness (QED) is 0.108. The van der Waals surface area contributed by atoms with E-state index in [9.17, 15) is 4.79 Å². The van der Waals surface area contributed by atoms with Gasteiger partial charge in [-0.3, -0.25) is 0 Å². The van der Waals surface area contributed by atoms with Crippen LogP contribution in [-0.4, -0.2) is 38.8 Å². The molecule has 0 saturated heterocycles. The molecule has 5 rings (SSSR count). The van der Waals surface area contributed by atoms with Crippen LogP contribution in [0.5, 0.6) is 0 Å². The van der Waals surface area contributed by atoms with Crippen LogP contribution in [-0.2, 0) is 4.74 Å². The summed E-state index contributed by atoms with van der Waals surface area (Å²) in [7, 11) is 0. The van der Waals surface area contributed by atoms with E-state index < -0.39 is 0 Å². The van der Waals surface area contributed by atoms with Crippen molar-refractivity contribution in [3.8, 4) is 0 Å². The van der Waals surface area contributed by atoms with Gasteiger partial charge in [0.15, 0.2) is 0 Å². The zero-order valence-electron chi connectivity index (χ0n) is 27.2. The Bertz CT molecular complexity index is 1650. The smallest absolute Gasteiger partial charge is 0.340 e. The Hall–Kier alpha value is -4.77. The van der Waals surface area contributed by atoms with Crippen molar-refractivity contribution in [2.24, 2.45) is 0 Å². The Morgan fingerprint density at radius 2 is 1.11 bits per heavy atom. The van der Waals surface area contributed by atoms with Crippen LogP contribution in [0.1, 0.15) is 67.6 Å². The molecule has 0 bridgehead atoms. The van der Waals surface area contributed by atoms with Crippen molar-refractivity contribution in [2.45, 2.75) is 40.5 Å². The van der Waals surface area contributed by atoms with Gasteiger partial charge in [0.2, 0.25) is 0 Å². The summed E-state index contributed by atoms with van der Waals surface area (Å²) in [5.74, 6) is -0.296. The molecular weight excluding hydrogens is 554 g/mol. The number of para-hydroxylation sites is 1. The molecule has 5 heteroatoms. The first-order chi connectivity index (χ1) is 22.0. The van der Waals surface area contributed by atoms with Crippen molar-refractivity contribution in [3.05, 3.63) is 131 Å². The van der Waals surface area contributed by atoms with E-state index >= 15 is 0 Å². The zero-order chi connectivity index (χ0) is 31.8. The third-order valence-electron chi connectivity index (χ3n) is 8.67. The molecule has 232 valence electrons. The highest BCUT2D eigenvalue weighted by Crippen LogP contribution is 2.40. The Balaban J connectivity index is 1.62. The van der Waals surface area contributed by atoms with Crippen molar-refractivity contribution < 1.29 is 9.53 Å². The number of carbonyl (C=O) groups is 1. The number of hydrogen-bond acceptors (Lipinski definition) is 5. The number of carbonyl (C=O) groups excluding carboxylic acids is 1. The van der Waals surface area contributed by atoms with Crippen LogP contribution in [0.25, 0.3) is 10.8 Å². The van der Waals surface area contributed by atoms with Gasteiger partial charge in [-0.05, 0) is 99.2 Å². The van der Waals surface area contributed by atoms with Crippen molar-refractivity contribution in [1.82, 2.24) is 0 Å². The maximum Gasteiger partial charge on any atom is 0.340 e. The summed E-state index contributed by atoms with van der Waals surface area (Å²) in [6, 6.07) is 38.6. The lowest BCUT2D eigenvalue weighted by Crippen LogP contribution is -2.22. The lowest BCUT2D eigenvalue weighted by molar-refractivity contribution is 0.0527. The highest BCUT2D eigenvalue weighted by atomic mass is 16.5.